The van der Waals surface area contributed by atoms with E-state index in [0.29, 0.717) is 5.56 Å². The predicted molar refractivity (Wildman–Crippen MR) is 60.2 cm³/mol. The molecule has 0 radical (unpaired) electrons. The first-order valence-corrected chi connectivity index (χ1v) is 5.35. The first-order chi connectivity index (χ1) is 8.28. The first-order valence-electron chi connectivity index (χ1n) is 5.35. The van der Waals surface area contributed by atoms with Crippen LogP contribution in [0.15, 0.2) is 18.2 Å². The van der Waals surface area contributed by atoms with E-state index in [9.17, 15) is 18.0 Å². The lowest BCUT2D eigenvalue weighted by atomic mass is 10.1. The van der Waals surface area contributed by atoms with Crippen LogP contribution >= 0.6 is 0 Å². The van der Waals surface area contributed by atoms with Crippen LogP contribution in [-0.2, 0) is 11.2 Å². The number of benzene rings is 1. The van der Waals surface area contributed by atoms with Crippen LogP contribution in [0, 0.1) is 6.92 Å². The van der Waals surface area contributed by atoms with Crippen molar-refractivity contribution in [1.82, 2.24) is 0 Å². The summed E-state index contributed by atoms with van der Waals surface area (Å²) >= 11 is 0. The van der Waals surface area contributed by atoms with Gasteiger partial charge in [0, 0.05) is 5.56 Å². The zero-order chi connectivity index (χ0) is 13.8. The van der Waals surface area contributed by atoms with Gasteiger partial charge in [0.25, 0.3) is 0 Å². The maximum Gasteiger partial charge on any atom is 0.392 e. The van der Waals surface area contributed by atoms with Gasteiger partial charge in [0.2, 0.25) is 5.91 Å². The molecule has 0 saturated carbocycles. The minimum Gasteiger partial charge on any atom is -0.493 e. The van der Waals surface area contributed by atoms with Gasteiger partial charge in [0.15, 0.2) is 0 Å². The average molecular weight is 261 g/mol. The van der Waals surface area contributed by atoms with Gasteiger partial charge in [-0.05, 0) is 13.0 Å². The Morgan fingerprint density at radius 2 is 2.06 bits per heavy atom. The Labute approximate surface area is 103 Å². The summed E-state index contributed by atoms with van der Waals surface area (Å²) in [7, 11) is 0. The van der Waals surface area contributed by atoms with Crippen molar-refractivity contribution in [1.29, 1.82) is 0 Å². The number of amides is 1. The molecular formula is C12H14F3NO2. The minimum atomic E-state index is -4.26. The number of hydrogen-bond donors (Lipinski definition) is 1. The number of alkyl halides is 3. The third-order valence-electron chi connectivity index (χ3n) is 2.22. The van der Waals surface area contributed by atoms with Gasteiger partial charge in [-0.3, -0.25) is 4.79 Å². The molecule has 0 spiro atoms. The second-order valence-corrected chi connectivity index (χ2v) is 3.97. The first kappa shape index (κ1) is 14.3. The number of primary amides is 1. The fraction of sp³-hybridized carbons (Fsp3) is 0.417. The standard InChI is InChI=1S/C12H14F3NO2/c1-8-2-3-10(9(6-8)7-11(16)17)18-5-4-12(13,14)15/h2-3,6H,4-5,7H2,1H3,(H2,16,17). The molecule has 6 heteroatoms. The molecule has 0 aromatic heterocycles. The van der Waals surface area contributed by atoms with E-state index in [-0.39, 0.29) is 12.2 Å². The van der Waals surface area contributed by atoms with Gasteiger partial charge in [-0.15, -0.1) is 0 Å². The van der Waals surface area contributed by atoms with Crippen molar-refractivity contribution in [3.63, 3.8) is 0 Å². The monoisotopic (exact) mass is 261 g/mol. The Bertz CT molecular complexity index is 430. The van der Waals surface area contributed by atoms with Gasteiger partial charge in [0.05, 0.1) is 19.4 Å². The molecule has 18 heavy (non-hydrogen) atoms. The second kappa shape index (κ2) is 5.75. The van der Waals surface area contributed by atoms with Gasteiger partial charge >= 0.3 is 6.18 Å². The zero-order valence-corrected chi connectivity index (χ0v) is 9.88. The molecule has 1 amide bonds. The molecule has 3 nitrogen and oxygen atoms in total. The molecule has 0 atom stereocenters. The number of carbonyl (C=O) groups is 1. The van der Waals surface area contributed by atoms with Gasteiger partial charge in [-0.1, -0.05) is 17.7 Å². The zero-order valence-electron chi connectivity index (χ0n) is 9.88. The van der Waals surface area contributed by atoms with E-state index in [1.807, 2.05) is 6.92 Å². The van der Waals surface area contributed by atoms with E-state index in [2.05, 4.69) is 0 Å². The molecule has 0 heterocycles. The maximum atomic E-state index is 12.0. The van der Waals surface area contributed by atoms with Crippen molar-refractivity contribution < 1.29 is 22.7 Å². The molecule has 0 aliphatic rings. The average Bonchev–Trinajstić information content (AvgIpc) is 2.18. The SMILES string of the molecule is Cc1ccc(OCCC(F)(F)F)c(CC(N)=O)c1. The number of aryl methyl sites for hydroxylation is 1. The van der Waals surface area contributed by atoms with Crippen LogP contribution in [-0.4, -0.2) is 18.7 Å². The number of ether oxygens (including phenoxy) is 1. The minimum absolute atomic E-state index is 0.0525. The smallest absolute Gasteiger partial charge is 0.392 e. The van der Waals surface area contributed by atoms with Gasteiger partial charge in [0.1, 0.15) is 5.75 Å². The van der Waals surface area contributed by atoms with Crippen molar-refractivity contribution in [2.75, 3.05) is 6.61 Å². The fourth-order valence-electron chi connectivity index (χ4n) is 1.45. The lowest BCUT2D eigenvalue weighted by molar-refractivity contribution is -0.139. The molecular weight excluding hydrogens is 247 g/mol. The third kappa shape index (κ3) is 5.07. The number of nitrogens with two attached hydrogens (primary N) is 1. The molecule has 0 saturated heterocycles. The summed E-state index contributed by atoms with van der Waals surface area (Å²) in [4.78, 5) is 10.9. The van der Waals surface area contributed by atoms with Crippen LogP contribution in [0.4, 0.5) is 13.2 Å². The summed E-state index contributed by atoms with van der Waals surface area (Å²) < 4.78 is 41.0. The van der Waals surface area contributed by atoms with Crippen LogP contribution in [0.1, 0.15) is 17.5 Å². The van der Waals surface area contributed by atoms with Crippen molar-refractivity contribution in [3.8, 4) is 5.75 Å². The molecule has 0 aliphatic carbocycles. The molecule has 2 N–H and O–H groups in total. The van der Waals surface area contributed by atoms with E-state index in [1.54, 1.807) is 18.2 Å². The van der Waals surface area contributed by atoms with Gasteiger partial charge < -0.3 is 10.5 Å². The normalized spacial score (nSPS) is 11.3. The summed E-state index contributed by atoms with van der Waals surface area (Å²) in [5.41, 5.74) is 6.45. The summed E-state index contributed by atoms with van der Waals surface area (Å²) in [6, 6.07) is 4.92. The molecule has 1 rings (SSSR count). The Morgan fingerprint density at radius 3 is 2.61 bits per heavy atom. The van der Waals surface area contributed by atoms with Crippen LogP contribution < -0.4 is 10.5 Å². The second-order valence-electron chi connectivity index (χ2n) is 3.97. The van der Waals surface area contributed by atoms with Crippen molar-refractivity contribution in [3.05, 3.63) is 29.3 Å². The Kier molecular flexibility index (Phi) is 4.58. The highest BCUT2D eigenvalue weighted by Gasteiger charge is 2.27. The van der Waals surface area contributed by atoms with Crippen LogP contribution in [0.3, 0.4) is 0 Å². The summed E-state index contributed by atoms with van der Waals surface area (Å²) in [5.74, 6) is -0.287. The van der Waals surface area contributed by atoms with Crippen LogP contribution in [0.25, 0.3) is 0 Å². The van der Waals surface area contributed by atoms with Crippen LogP contribution in [0.2, 0.25) is 0 Å². The predicted octanol–water partition coefficient (Wildman–Crippen LogP) is 2.35. The summed E-state index contributed by atoms with van der Waals surface area (Å²) in [5, 5.41) is 0. The van der Waals surface area contributed by atoms with Crippen LogP contribution in [0.5, 0.6) is 5.75 Å². The van der Waals surface area contributed by atoms with E-state index < -0.39 is 25.1 Å². The largest absolute Gasteiger partial charge is 0.493 e. The van der Waals surface area contributed by atoms with E-state index in [4.69, 9.17) is 10.5 Å². The van der Waals surface area contributed by atoms with Crippen molar-refractivity contribution >= 4 is 5.91 Å². The molecule has 0 bridgehead atoms. The molecule has 1 aromatic rings. The lowest BCUT2D eigenvalue weighted by Crippen LogP contribution is -2.16. The molecule has 0 unspecified atom stereocenters. The summed E-state index contributed by atoms with van der Waals surface area (Å²) in [6.07, 6.45) is -5.34. The molecule has 1 aromatic carbocycles. The molecule has 100 valence electrons. The Morgan fingerprint density at radius 1 is 1.39 bits per heavy atom. The van der Waals surface area contributed by atoms with Gasteiger partial charge in [-0.2, -0.15) is 13.2 Å². The Balaban J connectivity index is 2.72. The highest BCUT2D eigenvalue weighted by atomic mass is 19.4. The third-order valence-corrected chi connectivity index (χ3v) is 2.22. The van der Waals surface area contributed by atoms with E-state index in [1.165, 1.54) is 0 Å². The highest BCUT2D eigenvalue weighted by molar-refractivity contribution is 5.77. The number of halogens is 3. The van der Waals surface area contributed by atoms with E-state index in [0.717, 1.165) is 5.56 Å². The van der Waals surface area contributed by atoms with Crippen molar-refractivity contribution in [2.45, 2.75) is 25.9 Å². The van der Waals surface area contributed by atoms with Crippen molar-refractivity contribution in [2.24, 2.45) is 5.73 Å². The quantitative estimate of drug-likeness (QED) is 0.884. The highest BCUT2D eigenvalue weighted by Crippen LogP contribution is 2.23. The molecule has 0 fully saturated rings. The maximum absolute atomic E-state index is 12.0. The lowest BCUT2D eigenvalue weighted by Gasteiger charge is -2.12. The van der Waals surface area contributed by atoms with E-state index >= 15 is 0 Å². The number of hydrogen-bond acceptors (Lipinski definition) is 2. The summed E-state index contributed by atoms with van der Waals surface area (Å²) in [6.45, 7) is 1.34. The topological polar surface area (TPSA) is 52.3 Å². The number of carbonyl (C=O) groups excluding carboxylic acids is 1. The van der Waals surface area contributed by atoms with Gasteiger partial charge in [-0.25, -0.2) is 0 Å². The Hall–Kier alpha value is -1.72. The molecule has 0 aliphatic heterocycles. The number of rotatable bonds is 5. The fourth-order valence-corrected chi connectivity index (χ4v) is 1.45.